The van der Waals surface area contributed by atoms with E-state index in [2.05, 4.69) is 0 Å². The minimum Gasteiger partial charge on any atom is -0.507 e. The molecule has 1 N–H and O–H groups in total. The first-order chi connectivity index (χ1) is 14.0. The Hall–Kier alpha value is -3.08. The van der Waals surface area contributed by atoms with Gasteiger partial charge in [-0.15, -0.1) is 0 Å². The number of Topliss-reactive ketones (excluding diaryl/α,β-unsaturated/α-hetero) is 1. The lowest BCUT2D eigenvalue weighted by Gasteiger charge is -2.25. The van der Waals surface area contributed by atoms with Crippen LogP contribution in [0.5, 0.6) is 0 Å². The molecule has 0 unspecified atom stereocenters. The smallest absolute Gasteiger partial charge is 0.300 e. The molecule has 1 heterocycles. The van der Waals surface area contributed by atoms with E-state index in [1.165, 1.54) is 4.90 Å². The van der Waals surface area contributed by atoms with Gasteiger partial charge in [0.05, 0.1) is 11.6 Å². The number of anilines is 1. The molecule has 3 aromatic carbocycles. The zero-order chi connectivity index (χ0) is 20.5. The summed E-state index contributed by atoms with van der Waals surface area (Å²) in [5, 5.41) is 11.9. The minimum atomic E-state index is -0.814. The number of amides is 1. The largest absolute Gasteiger partial charge is 0.507 e. The van der Waals surface area contributed by atoms with Gasteiger partial charge >= 0.3 is 0 Å². The van der Waals surface area contributed by atoms with Gasteiger partial charge in [-0.2, -0.15) is 0 Å². The van der Waals surface area contributed by atoms with Gasteiger partial charge < -0.3 is 5.11 Å². The van der Waals surface area contributed by atoms with Crippen molar-refractivity contribution in [2.75, 3.05) is 4.90 Å². The van der Waals surface area contributed by atoms with Crippen molar-refractivity contribution in [2.24, 2.45) is 0 Å². The molecule has 29 heavy (non-hydrogen) atoms. The van der Waals surface area contributed by atoms with Gasteiger partial charge in [-0.05, 0) is 35.9 Å². The van der Waals surface area contributed by atoms with Crippen LogP contribution < -0.4 is 4.90 Å². The van der Waals surface area contributed by atoms with Crippen LogP contribution in [0.4, 0.5) is 5.69 Å². The first-order valence-electron chi connectivity index (χ1n) is 8.85. The lowest BCUT2D eigenvalue weighted by Crippen LogP contribution is -2.29. The third-order valence-electron chi connectivity index (χ3n) is 4.76. The highest BCUT2D eigenvalue weighted by atomic mass is 35.5. The number of halogens is 2. The van der Waals surface area contributed by atoms with Crippen LogP contribution in [-0.2, 0) is 9.59 Å². The normalized spacial score (nSPS) is 18.3. The molecule has 3 aromatic rings. The summed E-state index contributed by atoms with van der Waals surface area (Å²) in [6.45, 7) is 0. The molecule has 1 fully saturated rings. The molecule has 0 radical (unpaired) electrons. The Bertz CT molecular complexity index is 1120. The third kappa shape index (κ3) is 3.53. The molecule has 4 rings (SSSR count). The molecule has 6 heteroatoms. The van der Waals surface area contributed by atoms with E-state index in [-0.39, 0.29) is 11.3 Å². The summed E-state index contributed by atoms with van der Waals surface area (Å²) in [5.41, 5.74) is 1.58. The quantitative estimate of drug-likeness (QED) is 0.337. The van der Waals surface area contributed by atoms with Gasteiger partial charge in [-0.25, -0.2) is 0 Å². The van der Waals surface area contributed by atoms with Gasteiger partial charge in [-0.1, -0.05) is 71.7 Å². The second-order valence-corrected chi connectivity index (χ2v) is 7.44. The zero-order valence-electron chi connectivity index (χ0n) is 15.0. The summed E-state index contributed by atoms with van der Waals surface area (Å²) < 4.78 is 0. The van der Waals surface area contributed by atoms with Crippen molar-refractivity contribution in [3.63, 3.8) is 0 Å². The number of rotatable bonds is 3. The number of carbonyl (C=O) groups is 2. The Kier molecular flexibility index (Phi) is 5.14. The second-order valence-electron chi connectivity index (χ2n) is 6.57. The molecule has 1 aliphatic rings. The van der Waals surface area contributed by atoms with E-state index in [1.807, 2.05) is 0 Å². The molecule has 0 aromatic heterocycles. The first kappa shape index (κ1) is 19.2. The van der Waals surface area contributed by atoms with Crippen LogP contribution >= 0.6 is 23.2 Å². The van der Waals surface area contributed by atoms with Crippen LogP contribution in [0, 0.1) is 0 Å². The Labute approximate surface area is 177 Å². The molecule has 1 atom stereocenters. The van der Waals surface area contributed by atoms with Crippen molar-refractivity contribution in [1.82, 2.24) is 0 Å². The summed E-state index contributed by atoms with van der Waals surface area (Å²) in [6, 6.07) is 21.4. The van der Waals surface area contributed by atoms with E-state index in [9.17, 15) is 14.7 Å². The van der Waals surface area contributed by atoms with Crippen LogP contribution in [0.3, 0.4) is 0 Å². The average molecular weight is 424 g/mol. The van der Waals surface area contributed by atoms with Gasteiger partial charge in [0.1, 0.15) is 5.76 Å². The van der Waals surface area contributed by atoms with E-state index >= 15 is 0 Å². The number of ketones is 1. The fourth-order valence-electron chi connectivity index (χ4n) is 3.44. The van der Waals surface area contributed by atoms with Gasteiger partial charge in [0.15, 0.2) is 0 Å². The SMILES string of the molecule is O=C1C(=O)N(c2cccc(Cl)c2)[C@H](c2ccc(Cl)cc2)C1=C(O)c1ccccc1. The van der Waals surface area contributed by atoms with Crippen molar-refractivity contribution in [1.29, 1.82) is 0 Å². The van der Waals surface area contributed by atoms with Gasteiger partial charge in [0.25, 0.3) is 11.7 Å². The van der Waals surface area contributed by atoms with Crippen molar-refractivity contribution in [3.05, 3.63) is 106 Å². The maximum atomic E-state index is 13.0. The summed E-state index contributed by atoms with van der Waals surface area (Å²) >= 11 is 12.1. The molecular weight excluding hydrogens is 409 g/mol. The molecule has 1 saturated heterocycles. The highest BCUT2D eigenvalue weighted by Gasteiger charge is 2.46. The summed E-state index contributed by atoms with van der Waals surface area (Å²) in [4.78, 5) is 27.3. The highest BCUT2D eigenvalue weighted by molar-refractivity contribution is 6.51. The zero-order valence-corrected chi connectivity index (χ0v) is 16.6. The number of benzene rings is 3. The van der Waals surface area contributed by atoms with E-state index in [1.54, 1.807) is 78.9 Å². The van der Waals surface area contributed by atoms with Gasteiger partial charge in [-0.3, -0.25) is 14.5 Å². The molecule has 0 saturated carbocycles. The fraction of sp³-hybridized carbons (Fsp3) is 0.0435. The summed E-state index contributed by atoms with van der Waals surface area (Å²) in [6.07, 6.45) is 0. The Morgan fingerprint density at radius 1 is 0.828 bits per heavy atom. The third-order valence-corrected chi connectivity index (χ3v) is 5.25. The standard InChI is InChI=1S/C23H15Cl2NO3/c24-16-11-9-14(10-12-16)20-19(21(27)15-5-2-1-3-6-15)22(28)23(29)26(20)18-8-4-7-17(25)13-18/h1-13,20,27H/t20-/m1/s1. The van der Waals surface area contributed by atoms with E-state index < -0.39 is 17.7 Å². The van der Waals surface area contributed by atoms with Crippen molar-refractivity contribution in [2.45, 2.75) is 6.04 Å². The highest BCUT2D eigenvalue weighted by Crippen LogP contribution is 2.42. The molecule has 0 bridgehead atoms. The van der Waals surface area contributed by atoms with Crippen molar-refractivity contribution >= 4 is 46.3 Å². The first-order valence-corrected chi connectivity index (χ1v) is 9.60. The number of hydrogen-bond donors (Lipinski definition) is 1. The summed E-state index contributed by atoms with van der Waals surface area (Å²) in [5.74, 6) is -1.72. The molecule has 0 aliphatic carbocycles. The molecule has 0 spiro atoms. The summed E-state index contributed by atoms with van der Waals surface area (Å²) in [7, 11) is 0. The van der Waals surface area contributed by atoms with Crippen molar-refractivity contribution in [3.8, 4) is 0 Å². The maximum Gasteiger partial charge on any atom is 0.300 e. The van der Waals surface area contributed by atoms with Gasteiger partial charge in [0, 0.05) is 21.3 Å². The Morgan fingerprint density at radius 2 is 1.52 bits per heavy atom. The fourth-order valence-corrected chi connectivity index (χ4v) is 3.75. The predicted molar refractivity (Wildman–Crippen MR) is 114 cm³/mol. The number of aliphatic hydroxyl groups excluding tert-OH is 1. The van der Waals surface area contributed by atoms with Crippen LogP contribution in [0.25, 0.3) is 5.76 Å². The topological polar surface area (TPSA) is 57.6 Å². The number of hydrogen-bond acceptors (Lipinski definition) is 3. The molecule has 1 aliphatic heterocycles. The number of carbonyl (C=O) groups excluding carboxylic acids is 2. The molecule has 1 amide bonds. The van der Waals surface area contributed by atoms with E-state index in [0.29, 0.717) is 26.9 Å². The van der Waals surface area contributed by atoms with Crippen LogP contribution in [0.2, 0.25) is 10.0 Å². The van der Waals surface area contributed by atoms with E-state index in [4.69, 9.17) is 23.2 Å². The molecule has 144 valence electrons. The monoisotopic (exact) mass is 423 g/mol. The maximum absolute atomic E-state index is 13.0. The predicted octanol–water partition coefficient (Wildman–Crippen LogP) is 5.62. The van der Waals surface area contributed by atoms with Crippen LogP contribution in [0.1, 0.15) is 17.2 Å². The lowest BCUT2D eigenvalue weighted by atomic mass is 9.95. The molecule has 4 nitrogen and oxygen atoms in total. The second kappa shape index (κ2) is 7.74. The average Bonchev–Trinajstić information content (AvgIpc) is 2.99. The number of aliphatic hydroxyl groups is 1. The molecular formula is C23H15Cl2NO3. The van der Waals surface area contributed by atoms with Crippen LogP contribution in [-0.4, -0.2) is 16.8 Å². The lowest BCUT2D eigenvalue weighted by molar-refractivity contribution is -0.132. The van der Waals surface area contributed by atoms with Crippen LogP contribution in [0.15, 0.2) is 84.4 Å². The van der Waals surface area contributed by atoms with Crippen molar-refractivity contribution < 1.29 is 14.7 Å². The van der Waals surface area contributed by atoms with E-state index in [0.717, 1.165) is 0 Å². The Morgan fingerprint density at radius 3 is 2.17 bits per heavy atom. The van der Waals surface area contributed by atoms with Gasteiger partial charge in [0.2, 0.25) is 0 Å². The Balaban J connectivity index is 1.96. The number of nitrogens with zero attached hydrogens (tertiary/aromatic N) is 1. The minimum absolute atomic E-state index is 0.0171.